The highest BCUT2D eigenvalue weighted by atomic mass is 35.5. The molecule has 0 spiro atoms. The van der Waals surface area contributed by atoms with E-state index in [1.165, 1.54) is 12.1 Å². The number of esters is 1. The number of alkyl carbamates (subject to hydrolysis) is 1. The van der Waals surface area contributed by atoms with E-state index in [1.807, 2.05) is 48.5 Å². The van der Waals surface area contributed by atoms with E-state index in [9.17, 15) is 23.6 Å². The Morgan fingerprint density at radius 1 is 0.957 bits per heavy atom. The molecule has 0 bridgehead atoms. The fourth-order valence-electron chi connectivity index (χ4n) is 5.51. The Kier molecular flexibility index (Phi) is 9.84. The van der Waals surface area contributed by atoms with E-state index < -0.39 is 47.6 Å². The van der Waals surface area contributed by atoms with Gasteiger partial charge in [0.1, 0.15) is 29.1 Å². The quantitative estimate of drug-likeness (QED) is 0.137. The Hall–Kier alpha value is -4.54. The lowest BCUT2D eigenvalue weighted by molar-refractivity contribution is -0.156. The topological polar surface area (TPSA) is 111 Å². The van der Waals surface area contributed by atoms with Gasteiger partial charge in [0.25, 0.3) is 0 Å². The predicted octanol–water partition coefficient (Wildman–Crippen LogP) is 7.97. The molecule has 8 nitrogen and oxygen atoms in total. The highest BCUT2D eigenvalue weighted by molar-refractivity contribution is 7.16. The van der Waals surface area contributed by atoms with Crippen LogP contribution in [-0.4, -0.2) is 42.0 Å². The number of thiophene rings is 1. The summed E-state index contributed by atoms with van der Waals surface area (Å²) in [6, 6.07) is 18.1. The summed E-state index contributed by atoms with van der Waals surface area (Å²) in [5.74, 6) is -2.97. The first kappa shape index (κ1) is 33.8. The minimum Gasteiger partial charge on any atom is -0.460 e. The maximum Gasteiger partial charge on any atom is 0.407 e. The Morgan fingerprint density at radius 3 is 2.17 bits per heavy atom. The zero-order valence-corrected chi connectivity index (χ0v) is 28.1. The van der Waals surface area contributed by atoms with Crippen LogP contribution in [0.5, 0.6) is 0 Å². The standard InChI is InChI=1S/C36H34ClFN2O6S/c1-19-20(2)47-34(31(19)32(42)21-14-15-27(37)28(38)16-21)40-33(43)29(17-30(41)46-36(3,4)5)39-35(44)45-18-26-24-12-8-6-10-22(24)23-11-7-9-13-25(23)26/h6-16,26,29H,17-18H2,1-5H3,(H,39,44)(H,40,43). The molecule has 0 aliphatic heterocycles. The maximum absolute atomic E-state index is 14.2. The van der Waals surface area contributed by atoms with Crippen molar-refractivity contribution in [2.24, 2.45) is 0 Å². The van der Waals surface area contributed by atoms with Gasteiger partial charge in [-0.05, 0) is 80.6 Å². The SMILES string of the molecule is Cc1sc(NC(=O)C(CC(=O)OC(C)(C)C)NC(=O)OCC2c3ccccc3-c3ccccc32)c(C(=O)c2ccc(Cl)c(F)c2)c1C. The lowest BCUT2D eigenvalue weighted by Crippen LogP contribution is -2.46. The third kappa shape index (κ3) is 7.55. The third-order valence-corrected chi connectivity index (χ3v) is 9.20. The van der Waals surface area contributed by atoms with Gasteiger partial charge >= 0.3 is 12.1 Å². The van der Waals surface area contributed by atoms with E-state index in [4.69, 9.17) is 21.1 Å². The summed E-state index contributed by atoms with van der Waals surface area (Å²) >= 11 is 6.95. The summed E-state index contributed by atoms with van der Waals surface area (Å²) in [7, 11) is 0. The average Bonchev–Trinajstić information content (AvgIpc) is 3.48. The van der Waals surface area contributed by atoms with Gasteiger partial charge in [-0.15, -0.1) is 11.3 Å². The van der Waals surface area contributed by atoms with Crippen LogP contribution in [0.15, 0.2) is 66.7 Å². The fourth-order valence-corrected chi connectivity index (χ4v) is 6.69. The van der Waals surface area contributed by atoms with Crippen LogP contribution in [0, 0.1) is 19.7 Å². The molecule has 2 N–H and O–H groups in total. The Balaban J connectivity index is 1.35. The average molecular weight is 677 g/mol. The normalized spacial score (nSPS) is 12.9. The lowest BCUT2D eigenvalue weighted by Gasteiger charge is -2.23. The van der Waals surface area contributed by atoms with Crippen LogP contribution in [0.1, 0.15) is 70.6 Å². The molecule has 47 heavy (non-hydrogen) atoms. The first-order valence-corrected chi connectivity index (χ1v) is 16.2. The number of ketones is 1. The van der Waals surface area contributed by atoms with Crippen molar-refractivity contribution in [1.29, 1.82) is 0 Å². The number of anilines is 1. The van der Waals surface area contributed by atoms with Gasteiger partial charge in [-0.3, -0.25) is 14.4 Å². The van der Waals surface area contributed by atoms with Crippen LogP contribution in [0.3, 0.4) is 0 Å². The van der Waals surface area contributed by atoms with Crippen LogP contribution in [0.2, 0.25) is 5.02 Å². The largest absolute Gasteiger partial charge is 0.460 e. The number of hydrogen-bond donors (Lipinski definition) is 2. The fraction of sp³-hybridized carbons (Fsp3) is 0.278. The van der Waals surface area contributed by atoms with Crippen LogP contribution < -0.4 is 10.6 Å². The van der Waals surface area contributed by atoms with Crippen LogP contribution >= 0.6 is 22.9 Å². The minimum absolute atomic E-state index is 0.000250. The minimum atomic E-state index is -1.40. The summed E-state index contributed by atoms with van der Waals surface area (Å²) in [4.78, 5) is 53.9. The molecule has 1 heterocycles. The van der Waals surface area contributed by atoms with E-state index in [-0.39, 0.29) is 33.7 Å². The first-order chi connectivity index (χ1) is 22.2. The van der Waals surface area contributed by atoms with Crippen molar-refractivity contribution in [1.82, 2.24) is 5.32 Å². The molecule has 0 saturated carbocycles. The maximum atomic E-state index is 14.2. The Bertz CT molecular complexity index is 1840. The molecule has 0 saturated heterocycles. The monoisotopic (exact) mass is 676 g/mol. The van der Waals surface area contributed by atoms with E-state index in [1.54, 1.807) is 34.6 Å². The number of carbonyl (C=O) groups excluding carboxylic acids is 4. The molecule has 5 rings (SSSR count). The van der Waals surface area contributed by atoms with Gasteiger partial charge in [-0.1, -0.05) is 60.1 Å². The summed E-state index contributed by atoms with van der Waals surface area (Å²) in [6.45, 7) is 8.56. The lowest BCUT2D eigenvalue weighted by atomic mass is 9.98. The van der Waals surface area contributed by atoms with Crippen LogP contribution in [-0.2, 0) is 19.1 Å². The molecule has 0 fully saturated rings. The first-order valence-electron chi connectivity index (χ1n) is 15.0. The van der Waals surface area contributed by atoms with Gasteiger partial charge in [0.05, 0.1) is 17.0 Å². The van der Waals surface area contributed by atoms with Gasteiger partial charge < -0.3 is 20.1 Å². The number of fused-ring (bicyclic) bond motifs is 3. The Labute approximate surface area is 281 Å². The molecule has 1 aliphatic rings. The smallest absolute Gasteiger partial charge is 0.407 e. The number of nitrogens with one attached hydrogen (secondary N) is 2. The number of hydrogen-bond acceptors (Lipinski definition) is 7. The van der Waals surface area contributed by atoms with Gasteiger partial charge in [0, 0.05) is 16.4 Å². The molecule has 1 unspecified atom stereocenters. The molecular formula is C36H34ClFN2O6S. The second kappa shape index (κ2) is 13.7. The number of halogens is 2. The predicted molar refractivity (Wildman–Crippen MR) is 180 cm³/mol. The van der Waals surface area contributed by atoms with Crippen molar-refractivity contribution < 1.29 is 33.0 Å². The van der Waals surface area contributed by atoms with Gasteiger partial charge in [0.2, 0.25) is 5.91 Å². The summed E-state index contributed by atoms with van der Waals surface area (Å²) < 4.78 is 25.3. The van der Waals surface area contributed by atoms with E-state index in [2.05, 4.69) is 10.6 Å². The van der Waals surface area contributed by atoms with Crippen molar-refractivity contribution >= 4 is 51.7 Å². The van der Waals surface area contributed by atoms with Gasteiger partial charge in [0.15, 0.2) is 5.78 Å². The van der Waals surface area contributed by atoms with Crippen molar-refractivity contribution in [2.75, 3.05) is 11.9 Å². The third-order valence-electron chi connectivity index (χ3n) is 7.77. The molecule has 2 amide bonds. The molecule has 4 aromatic rings. The number of carbonyl (C=O) groups is 4. The number of ether oxygens (including phenoxy) is 2. The summed E-state index contributed by atoms with van der Waals surface area (Å²) in [5, 5.41) is 5.29. The number of rotatable bonds is 9. The number of aryl methyl sites for hydroxylation is 1. The second-order valence-corrected chi connectivity index (χ2v) is 13.9. The second-order valence-electron chi connectivity index (χ2n) is 12.2. The zero-order chi connectivity index (χ0) is 34.0. The molecule has 244 valence electrons. The van der Waals surface area contributed by atoms with Crippen molar-refractivity contribution in [3.05, 3.63) is 110 Å². The van der Waals surface area contributed by atoms with Crippen LogP contribution in [0.4, 0.5) is 14.2 Å². The molecular weight excluding hydrogens is 643 g/mol. The number of amides is 2. The molecule has 1 aliphatic carbocycles. The van der Waals surface area contributed by atoms with E-state index in [0.29, 0.717) is 5.56 Å². The highest BCUT2D eigenvalue weighted by Gasteiger charge is 2.32. The summed E-state index contributed by atoms with van der Waals surface area (Å²) in [6.07, 6.45) is -1.40. The summed E-state index contributed by atoms with van der Waals surface area (Å²) in [5.41, 5.74) is 4.14. The molecule has 1 aromatic heterocycles. The number of benzene rings is 3. The van der Waals surface area contributed by atoms with Crippen LogP contribution in [0.25, 0.3) is 11.1 Å². The zero-order valence-electron chi connectivity index (χ0n) is 26.5. The molecule has 0 radical (unpaired) electrons. The van der Waals surface area contributed by atoms with Crippen molar-refractivity contribution in [3.8, 4) is 11.1 Å². The van der Waals surface area contributed by atoms with E-state index in [0.717, 1.165) is 44.5 Å². The molecule has 3 aromatic carbocycles. The van der Waals surface area contributed by atoms with Gasteiger partial charge in [-0.25, -0.2) is 9.18 Å². The van der Waals surface area contributed by atoms with Gasteiger partial charge in [-0.2, -0.15) is 0 Å². The van der Waals surface area contributed by atoms with E-state index >= 15 is 0 Å². The van der Waals surface area contributed by atoms with Crippen molar-refractivity contribution in [2.45, 2.75) is 58.6 Å². The molecule has 1 atom stereocenters. The molecule has 11 heteroatoms. The van der Waals surface area contributed by atoms with Crippen molar-refractivity contribution in [3.63, 3.8) is 0 Å². The highest BCUT2D eigenvalue weighted by Crippen LogP contribution is 2.44. The Morgan fingerprint density at radius 2 is 1.57 bits per heavy atom.